The van der Waals surface area contributed by atoms with Crippen LogP contribution in [0.4, 0.5) is 0 Å². The van der Waals surface area contributed by atoms with Crippen molar-refractivity contribution in [3.05, 3.63) is 48.4 Å². The van der Waals surface area contributed by atoms with Gasteiger partial charge < -0.3 is 16.4 Å². The van der Waals surface area contributed by atoms with E-state index in [1.165, 1.54) is 5.70 Å². The van der Waals surface area contributed by atoms with Crippen molar-refractivity contribution in [2.75, 3.05) is 19.6 Å². The van der Waals surface area contributed by atoms with Gasteiger partial charge in [0.1, 0.15) is 0 Å². The summed E-state index contributed by atoms with van der Waals surface area (Å²) >= 11 is 0. The Hall–Kier alpha value is -1.48. The summed E-state index contributed by atoms with van der Waals surface area (Å²) < 4.78 is 0. The zero-order chi connectivity index (χ0) is 13.2. The molecule has 0 fully saturated rings. The highest BCUT2D eigenvalue weighted by atomic mass is 14.9. The summed E-state index contributed by atoms with van der Waals surface area (Å²) in [6, 6.07) is 0. The Balaban J connectivity index is 2.31. The first-order valence-electron chi connectivity index (χ1n) is 6.57. The van der Waals surface area contributed by atoms with Crippen LogP contribution in [0.25, 0.3) is 0 Å². The van der Waals surface area contributed by atoms with Crippen LogP contribution in [0, 0.1) is 5.92 Å². The van der Waals surface area contributed by atoms with Gasteiger partial charge in [0.15, 0.2) is 0 Å². The lowest BCUT2D eigenvalue weighted by atomic mass is 10.1. The summed E-state index contributed by atoms with van der Waals surface area (Å²) in [4.78, 5) is 0. The quantitative estimate of drug-likeness (QED) is 0.604. The van der Waals surface area contributed by atoms with Gasteiger partial charge in [0.25, 0.3) is 0 Å². The van der Waals surface area contributed by atoms with Gasteiger partial charge in [-0.3, -0.25) is 0 Å². The molecule has 0 amide bonds. The Morgan fingerprint density at radius 1 is 1.61 bits per heavy atom. The van der Waals surface area contributed by atoms with Crippen LogP contribution < -0.4 is 16.4 Å². The van der Waals surface area contributed by atoms with E-state index in [9.17, 15) is 0 Å². The lowest BCUT2D eigenvalue weighted by Gasteiger charge is -2.11. The molecular weight excluding hydrogens is 222 g/mol. The number of rotatable bonds is 7. The maximum Gasteiger partial charge on any atom is 0.0346 e. The van der Waals surface area contributed by atoms with Gasteiger partial charge >= 0.3 is 0 Å². The standard InChI is InChI=1S/C15H25N3/c1-3-4-10-18-15-7-5-6-14(8-9-15)12-17-11-13(2)16/h3-6,9,14,17-18H,2,7-8,10-12,16H2,1H3/b4-3-. The predicted molar refractivity (Wildman–Crippen MR) is 79.0 cm³/mol. The molecule has 18 heavy (non-hydrogen) atoms. The average Bonchev–Trinajstić information content (AvgIpc) is 2.55. The fourth-order valence-corrected chi connectivity index (χ4v) is 1.86. The van der Waals surface area contributed by atoms with Gasteiger partial charge in [0.05, 0.1) is 0 Å². The molecule has 0 aliphatic heterocycles. The molecule has 0 saturated heterocycles. The molecule has 1 rings (SSSR count). The highest BCUT2D eigenvalue weighted by Crippen LogP contribution is 2.14. The van der Waals surface area contributed by atoms with Gasteiger partial charge in [-0.25, -0.2) is 0 Å². The van der Waals surface area contributed by atoms with Gasteiger partial charge in [-0.05, 0) is 19.3 Å². The third-order valence-corrected chi connectivity index (χ3v) is 2.85. The molecule has 1 atom stereocenters. The second-order valence-corrected chi connectivity index (χ2v) is 4.60. The van der Waals surface area contributed by atoms with Crippen LogP contribution in [0.5, 0.6) is 0 Å². The van der Waals surface area contributed by atoms with Crippen LogP contribution in [0.1, 0.15) is 19.8 Å². The molecule has 0 bridgehead atoms. The average molecular weight is 247 g/mol. The molecule has 3 nitrogen and oxygen atoms in total. The maximum atomic E-state index is 5.53. The smallest absolute Gasteiger partial charge is 0.0346 e. The zero-order valence-electron chi connectivity index (χ0n) is 11.3. The van der Waals surface area contributed by atoms with Crippen molar-refractivity contribution in [3.8, 4) is 0 Å². The number of allylic oxidation sites excluding steroid dienone is 3. The lowest BCUT2D eigenvalue weighted by Crippen LogP contribution is -2.25. The number of nitrogens with one attached hydrogen (secondary N) is 2. The molecule has 3 heteroatoms. The van der Waals surface area contributed by atoms with Crippen LogP contribution in [0.15, 0.2) is 48.4 Å². The minimum atomic E-state index is 0.547. The SMILES string of the molecule is C=C(N)CNCC1C=CCC(NC/C=C\C)=CC1. The molecule has 0 aromatic heterocycles. The highest BCUT2D eigenvalue weighted by Gasteiger charge is 2.07. The van der Waals surface area contributed by atoms with Crippen LogP contribution in [-0.2, 0) is 0 Å². The van der Waals surface area contributed by atoms with Crippen molar-refractivity contribution >= 4 is 0 Å². The van der Waals surface area contributed by atoms with E-state index in [2.05, 4.69) is 47.6 Å². The Kier molecular flexibility index (Phi) is 6.96. The molecule has 0 saturated carbocycles. The third kappa shape index (κ3) is 6.30. The van der Waals surface area contributed by atoms with Crippen molar-refractivity contribution in [1.82, 2.24) is 10.6 Å². The molecule has 0 spiro atoms. The summed E-state index contributed by atoms with van der Waals surface area (Å²) in [6.07, 6.45) is 13.1. The van der Waals surface area contributed by atoms with Crippen molar-refractivity contribution in [1.29, 1.82) is 0 Å². The maximum absolute atomic E-state index is 5.53. The van der Waals surface area contributed by atoms with E-state index in [1.807, 2.05) is 6.92 Å². The molecule has 1 aliphatic carbocycles. The van der Waals surface area contributed by atoms with E-state index in [-0.39, 0.29) is 0 Å². The minimum absolute atomic E-state index is 0.547. The van der Waals surface area contributed by atoms with Crippen molar-refractivity contribution in [3.63, 3.8) is 0 Å². The Bertz CT molecular complexity index is 340. The Morgan fingerprint density at radius 2 is 2.44 bits per heavy atom. The molecule has 0 heterocycles. The summed E-state index contributed by atoms with van der Waals surface area (Å²) in [7, 11) is 0. The predicted octanol–water partition coefficient (Wildman–Crippen LogP) is 2.06. The molecule has 0 aromatic rings. The first-order chi connectivity index (χ1) is 8.72. The van der Waals surface area contributed by atoms with Gasteiger partial charge in [-0.1, -0.05) is 37.0 Å². The van der Waals surface area contributed by atoms with Crippen LogP contribution in [0.3, 0.4) is 0 Å². The highest BCUT2D eigenvalue weighted by molar-refractivity contribution is 5.12. The fraction of sp³-hybridized carbons (Fsp3) is 0.467. The van der Waals surface area contributed by atoms with Crippen LogP contribution >= 0.6 is 0 Å². The second-order valence-electron chi connectivity index (χ2n) is 4.60. The van der Waals surface area contributed by atoms with Crippen LogP contribution in [0.2, 0.25) is 0 Å². The van der Waals surface area contributed by atoms with Gasteiger partial charge in [-0.15, -0.1) is 0 Å². The summed E-state index contributed by atoms with van der Waals surface area (Å²) in [5, 5.41) is 6.74. The summed E-state index contributed by atoms with van der Waals surface area (Å²) in [6.45, 7) is 8.27. The first-order valence-corrected chi connectivity index (χ1v) is 6.57. The van der Waals surface area contributed by atoms with Gasteiger partial charge in [0.2, 0.25) is 0 Å². The Labute approximate surface area is 111 Å². The monoisotopic (exact) mass is 247 g/mol. The number of hydrogen-bond donors (Lipinski definition) is 3. The molecule has 0 radical (unpaired) electrons. The van der Waals surface area contributed by atoms with E-state index < -0.39 is 0 Å². The fourth-order valence-electron chi connectivity index (χ4n) is 1.86. The number of hydrogen-bond acceptors (Lipinski definition) is 3. The molecule has 4 N–H and O–H groups in total. The van der Waals surface area contributed by atoms with E-state index in [0.717, 1.165) is 25.9 Å². The van der Waals surface area contributed by atoms with Gasteiger partial charge in [0, 0.05) is 37.4 Å². The van der Waals surface area contributed by atoms with Gasteiger partial charge in [-0.2, -0.15) is 0 Å². The minimum Gasteiger partial charge on any atom is -0.401 e. The number of nitrogens with two attached hydrogens (primary N) is 1. The topological polar surface area (TPSA) is 50.1 Å². The molecule has 1 aliphatic rings. The normalized spacial score (nSPS) is 19.6. The second kappa shape index (κ2) is 8.59. The van der Waals surface area contributed by atoms with Crippen LogP contribution in [-0.4, -0.2) is 19.6 Å². The van der Waals surface area contributed by atoms with E-state index in [0.29, 0.717) is 18.2 Å². The summed E-state index contributed by atoms with van der Waals surface area (Å²) in [5.74, 6) is 0.547. The lowest BCUT2D eigenvalue weighted by molar-refractivity contribution is 0.581. The summed E-state index contributed by atoms with van der Waals surface area (Å²) in [5.41, 5.74) is 7.53. The third-order valence-electron chi connectivity index (χ3n) is 2.85. The first kappa shape index (κ1) is 14.6. The molecule has 100 valence electrons. The van der Waals surface area contributed by atoms with E-state index in [4.69, 9.17) is 5.73 Å². The van der Waals surface area contributed by atoms with Crippen molar-refractivity contribution in [2.24, 2.45) is 11.7 Å². The van der Waals surface area contributed by atoms with Crippen molar-refractivity contribution < 1.29 is 0 Å². The molecular formula is C15H25N3. The van der Waals surface area contributed by atoms with E-state index in [1.54, 1.807) is 0 Å². The molecule has 1 unspecified atom stereocenters. The Morgan fingerprint density at radius 3 is 3.17 bits per heavy atom. The van der Waals surface area contributed by atoms with E-state index >= 15 is 0 Å². The van der Waals surface area contributed by atoms with Crippen molar-refractivity contribution in [2.45, 2.75) is 19.8 Å². The zero-order valence-corrected chi connectivity index (χ0v) is 11.3. The molecule has 0 aromatic carbocycles. The largest absolute Gasteiger partial charge is 0.401 e.